The first kappa shape index (κ1) is 12.5. The lowest BCUT2D eigenvalue weighted by atomic mass is 9.94. The molecule has 1 heterocycles. The Labute approximate surface area is 117 Å². The quantitative estimate of drug-likeness (QED) is 0.844. The molecule has 3 heteroatoms. The van der Waals surface area contributed by atoms with Crippen molar-refractivity contribution in [2.75, 3.05) is 0 Å². The normalized spacial score (nSPS) is 21.6. The van der Waals surface area contributed by atoms with E-state index in [1.807, 2.05) is 49.4 Å². The van der Waals surface area contributed by atoms with Crippen molar-refractivity contribution in [3.63, 3.8) is 0 Å². The minimum atomic E-state index is -0.491. The molecule has 0 bridgehead atoms. The van der Waals surface area contributed by atoms with Crippen molar-refractivity contribution >= 4 is 11.6 Å². The third-order valence-corrected chi connectivity index (χ3v) is 3.96. The van der Waals surface area contributed by atoms with Crippen LogP contribution in [0, 0.1) is 6.92 Å². The lowest BCUT2D eigenvalue weighted by molar-refractivity contribution is 0.0657. The van der Waals surface area contributed by atoms with Crippen molar-refractivity contribution in [2.45, 2.75) is 25.6 Å². The molecule has 2 atom stereocenters. The Balaban J connectivity index is 1.94. The Morgan fingerprint density at radius 3 is 2.79 bits per heavy atom. The molecule has 0 saturated heterocycles. The minimum absolute atomic E-state index is 0.150. The SMILES string of the molecule is Cc1ccc(C2C[C@@H](O)c3ccccc3O2)cc1Cl. The summed E-state index contributed by atoms with van der Waals surface area (Å²) in [5.74, 6) is 0.753. The van der Waals surface area contributed by atoms with Crippen LogP contribution in [0.5, 0.6) is 5.75 Å². The summed E-state index contributed by atoms with van der Waals surface area (Å²) in [5.41, 5.74) is 2.91. The van der Waals surface area contributed by atoms with Crippen molar-refractivity contribution < 1.29 is 9.84 Å². The van der Waals surface area contributed by atoms with Crippen LogP contribution in [0.15, 0.2) is 42.5 Å². The van der Waals surface area contributed by atoms with Gasteiger partial charge in [0.15, 0.2) is 0 Å². The summed E-state index contributed by atoms with van der Waals surface area (Å²) in [6.07, 6.45) is -0.0887. The molecule has 2 aromatic rings. The first-order chi connectivity index (χ1) is 9.15. The molecular weight excluding hydrogens is 260 g/mol. The first-order valence-corrected chi connectivity index (χ1v) is 6.72. The molecule has 2 nitrogen and oxygen atoms in total. The van der Waals surface area contributed by atoms with Gasteiger partial charge in [0.05, 0.1) is 6.10 Å². The second-order valence-electron chi connectivity index (χ2n) is 4.90. The van der Waals surface area contributed by atoms with Crippen LogP contribution < -0.4 is 4.74 Å². The van der Waals surface area contributed by atoms with Crippen molar-refractivity contribution in [2.24, 2.45) is 0 Å². The molecule has 0 aromatic heterocycles. The van der Waals surface area contributed by atoms with Gasteiger partial charge in [-0.15, -0.1) is 0 Å². The highest BCUT2D eigenvalue weighted by Gasteiger charge is 2.27. The van der Waals surface area contributed by atoms with Gasteiger partial charge in [0.25, 0.3) is 0 Å². The summed E-state index contributed by atoms with van der Waals surface area (Å²) >= 11 is 6.15. The summed E-state index contributed by atoms with van der Waals surface area (Å²) in [4.78, 5) is 0. The van der Waals surface area contributed by atoms with E-state index in [1.165, 1.54) is 0 Å². The molecule has 0 saturated carbocycles. The van der Waals surface area contributed by atoms with E-state index in [1.54, 1.807) is 0 Å². The fourth-order valence-corrected chi connectivity index (χ4v) is 2.60. The number of para-hydroxylation sites is 1. The fraction of sp³-hybridized carbons (Fsp3) is 0.250. The number of ether oxygens (including phenoxy) is 1. The van der Waals surface area contributed by atoms with Gasteiger partial charge in [0.1, 0.15) is 11.9 Å². The maximum atomic E-state index is 10.2. The smallest absolute Gasteiger partial charge is 0.127 e. The van der Waals surface area contributed by atoms with Crippen LogP contribution in [-0.4, -0.2) is 5.11 Å². The molecule has 3 rings (SSSR count). The summed E-state index contributed by atoms with van der Waals surface area (Å²) in [7, 11) is 0. The Morgan fingerprint density at radius 2 is 2.00 bits per heavy atom. The number of rotatable bonds is 1. The predicted molar refractivity (Wildman–Crippen MR) is 75.6 cm³/mol. The van der Waals surface area contributed by atoms with Crippen molar-refractivity contribution in [3.05, 3.63) is 64.2 Å². The summed E-state index contributed by atoms with van der Waals surface area (Å²) in [5, 5.41) is 10.9. The molecule has 19 heavy (non-hydrogen) atoms. The Bertz CT molecular complexity index is 609. The van der Waals surface area contributed by atoms with Gasteiger partial charge in [0, 0.05) is 17.0 Å². The highest BCUT2D eigenvalue weighted by atomic mass is 35.5. The maximum absolute atomic E-state index is 10.2. The monoisotopic (exact) mass is 274 g/mol. The van der Waals surface area contributed by atoms with Crippen LogP contribution in [0.1, 0.15) is 35.3 Å². The molecule has 0 spiro atoms. The summed E-state index contributed by atoms with van der Waals surface area (Å²) in [6.45, 7) is 1.97. The van der Waals surface area contributed by atoms with Crippen molar-refractivity contribution in [1.82, 2.24) is 0 Å². The van der Waals surface area contributed by atoms with Crippen LogP contribution in [0.2, 0.25) is 5.02 Å². The van der Waals surface area contributed by atoms with Crippen LogP contribution in [0.25, 0.3) is 0 Å². The molecule has 1 N–H and O–H groups in total. The zero-order valence-corrected chi connectivity index (χ0v) is 11.4. The number of fused-ring (bicyclic) bond motifs is 1. The van der Waals surface area contributed by atoms with Gasteiger partial charge in [-0.1, -0.05) is 41.9 Å². The van der Waals surface area contributed by atoms with Crippen LogP contribution in [0.4, 0.5) is 0 Å². The van der Waals surface area contributed by atoms with Gasteiger partial charge in [-0.05, 0) is 30.2 Å². The standard InChI is InChI=1S/C16H15ClO2/c1-10-6-7-11(8-13(10)17)16-9-14(18)12-4-2-3-5-15(12)19-16/h2-8,14,16,18H,9H2,1H3/t14-,16?/m1/s1. The molecule has 1 unspecified atom stereocenters. The van der Waals surface area contributed by atoms with Crippen LogP contribution >= 0.6 is 11.6 Å². The van der Waals surface area contributed by atoms with E-state index in [2.05, 4.69) is 0 Å². The van der Waals surface area contributed by atoms with E-state index in [-0.39, 0.29) is 6.10 Å². The summed E-state index contributed by atoms with van der Waals surface area (Å²) < 4.78 is 5.96. The molecule has 0 fully saturated rings. The molecule has 98 valence electrons. The molecule has 2 aromatic carbocycles. The fourth-order valence-electron chi connectivity index (χ4n) is 2.41. The highest BCUT2D eigenvalue weighted by Crippen LogP contribution is 2.40. The van der Waals surface area contributed by atoms with E-state index in [0.717, 1.165) is 27.5 Å². The maximum Gasteiger partial charge on any atom is 0.127 e. The van der Waals surface area contributed by atoms with Crippen molar-refractivity contribution in [1.29, 1.82) is 0 Å². The average molecular weight is 275 g/mol. The molecule has 1 aliphatic rings. The third kappa shape index (κ3) is 2.34. The molecule has 0 amide bonds. The number of aliphatic hydroxyl groups excluding tert-OH is 1. The Hall–Kier alpha value is -1.51. The number of benzene rings is 2. The van der Waals surface area contributed by atoms with E-state index in [0.29, 0.717) is 6.42 Å². The number of hydrogen-bond donors (Lipinski definition) is 1. The predicted octanol–water partition coefficient (Wildman–Crippen LogP) is 4.21. The van der Waals surface area contributed by atoms with Gasteiger partial charge in [-0.3, -0.25) is 0 Å². The van der Waals surface area contributed by atoms with Crippen LogP contribution in [-0.2, 0) is 0 Å². The first-order valence-electron chi connectivity index (χ1n) is 6.35. The molecule has 0 radical (unpaired) electrons. The second kappa shape index (κ2) is 4.87. The number of aryl methyl sites for hydroxylation is 1. The number of hydrogen-bond acceptors (Lipinski definition) is 2. The second-order valence-corrected chi connectivity index (χ2v) is 5.31. The van der Waals surface area contributed by atoms with E-state index in [4.69, 9.17) is 16.3 Å². The van der Waals surface area contributed by atoms with Gasteiger partial charge in [-0.2, -0.15) is 0 Å². The lowest BCUT2D eigenvalue weighted by Crippen LogP contribution is -2.18. The Morgan fingerprint density at radius 1 is 1.21 bits per heavy atom. The topological polar surface area (TPSA) is 29.5 Å². The summed E-state index contributed by atoms with van der Waals surface area (Å²) in [6, 6.07) is 13.5. The van der Waals surface area contributed by atoms with Crippen LogP contribution in [0.3, 0.4) is 0 Å². The van der Waals surface area contributed by atoms with Gasteiger partial charge >= 0.3 is 0 Å². The zero-order chi connectivity index (χ0) is 13.4. The van der Waals surface area contributed by atoms with E-state index >= 15 is 0 Å². The number of aliphatic hydroxyl groups is 1. The van der Waals surface area contributed by atoms with Gasteiger partial charge < -0.3 is 9.84 Å². The molecular formula is C16H15ClO2. The third-order valence-electron chi connectivity index (χ3n) is 3.55. The van der Waals surface area contributed by atoms with E-state index < -0.39 is 6.10 Å². The van der Waals surface area contributed by atoms with Gasteiger partial charge in [-0.25, -0.2) is 0 Å². The highest BCUT2D eigenvalue weighted by molar-refractivity contribution is 6.31. The molecule has 1 aliphatic heterocycles. The average Bonchev–Trinajstić information content (AvgIpc) is 2.42. The van der Waals surface area contributed by atoms with E-state index in [9.17, 15) is 5.11 Å². The minimum Gasteiger partial charge on any atom is -0.485 e. The zero-order valence-electron chi connectivity index (χ0n) is 10.6. The Kier molecular flexibility index (Phi) is 3.21. The van der Waals surface area contributed by atoms with Gasteiger partial charge in [0.2, 0.25) is 0 Å². The van der Waals surface area contributed by atoms with Crippen molar-refractivity contribution in [3.8, 4) is 5.75 Å². The lowest BCUT2D eigenvalue weighted by Gasteiger charge is -2.30. The number of halogens is 1. The molecule has 0 aliphatic carbocycles. The largest absolute Gasteiger partial charge is 0.485 e.